The average molecular weight is 304 g/mol. The molecule has 7 heteroatoms. The van der Waals surface area contributed by atoms with Crippen LogP contribution in [0.25, 0.3) is 0 Å². The number of rotatable bonds is 6. The maximum atomic E-state index is 12.1. The lowest BCUT2D eigenvalue weighted by molar-refractivity contribution is 0.449. The van der Waals surface area contributed by atoms with Crippen LogP contribution in [0.5, 0.6) is 0 Å². The van der Waals surface area contributed by atoms with Gasteiger partial charge in [0.2, 0.25) is 10.0 Å². The molecule has 0 spiro atoms. The van der Waals surface area contributed by atoms with E-state index < -0.39 is 10.0 Å². The number of hydrogen-bond donors (Lipinski definition) is 2. The maximum absolute atomic E-state index is 12.1. The van der Waals surface area contributed by atoms with Crippen LogP contribution in [-0.2, 0) is 10.0 Å². The topological polar surface area (TPSA) is 85.1 Å². The van der Waals surface area contributed by atoms with Crippen molar-refractivity contribution in [3.63, 3.8) is 0 Å². The second-order valence-corrected chi connectivity index (χ2v) is 7.29. The van der Waals surface area contributed by atoms with E-state index >= 15 is 0 Å². The molecule has 0 amide bonds. The molecule has 0 aliphatic heterocycles. The van der Waals surface area contributed by atoms with Gasteiger partial charge in [0.05, 0.1) is 5.02 Å². The molecule has 1 aliphatic carbocycles. The smallest absolute Gasteiger partial charge is 0.242 e. The first-order chi connectivity index (χ1) is 8.88. The number of hydrogen-bond acceptors (Lipinski definition) is 4. The third kappa shape index (κ3) is 3.38. The molecule has 0 bridgehead atoms. The Labute approximate surface area is 118 Å². The lowest BCUT2D eigenvalue weighted by atomic mass is 10.0. The van der Waals surface area contributed by atoms with Gasteiger partial charge in [-0.05, 0) is 30.7 Å². The van der Waals surface area contributed by atoms with Crippen molar-refractivity contribution in [3.8, 4) is 0 Å². The highest BCUT2D eigenvalue weighted by Gasteiger charge is 2.42. The van der Waals surface area contributed by atoms with Crippen LogP contribution >= 0.6 is 11.6 Å². The first-order valence-corrected chi connectivity index (χ1v) is 8.15. The van der Waals surface area contributed by atoms with Crippen molar-refractivity contribution in [2.75, 3.05) is 12.3 Å². The quantitative estimate of drug-likeness (QED) is 0.843. The number of nitrogens with two attached hydrogens (primary N) is 1. The summed E-state index contributed by atoms with van der Waals surface area (Å²) in [6.45, 7) is 2.59. The SMILES string of the molecule is CCCC1(CNS(=O)(=O)c2cnc(N)c(Cl)c2)CC1. The predicted molar refractivity (Wildman–Crippen MR) is 75.4 cm³/mol. The zero-order valence-electron chi connectivity index (χ0n) is 10.8. The molecule has 0 atom stereocenters. The molecule has 1 fully saturated rings. The fourth-order valence-corrected chi connectivity index (χ4v) is 3.49. The Morgan fingerprint density at radius 2 is 2.21 bits per heavy atom. The lowest BCUT2D eigenvalue weighted by Crippen LogP contribution is -2.30. The summed E-state index contributed by atoms with van der Waals surface area (Å²) >= 11 is 5.79. The Kier molecular flexibility index (Phi) is 4.03. The molecule has 3 N–H and O–H groups in total. The van der Waals surface area contributed by atoms with E-state index in [-0.39, 0.29) is 21.2 Å². The summed E-state index contributed by atoms with van der Waals surface area (Å²) in [5, 5.41) is 0.151. The molecule has 0 aromatic carbocycles. The average Bonchev–Trinajstić information content (AvgIpc) is 3.11. The van der Waals surface area contributed by atoms with Gasteiger partial charge >= 0.3 is 0 Å². The molecule has 106 valence electrons. The highest BCUT2D eigenvalue weighted by Crippen LogP contribution is 2.49. The van der Waals surface area contributed by atoms with Crippen LogP contribution in [0.2, 0.25) is 5.02 Å². The summed E-state index contributed by atoms with van der Waals surface area (Å²) in [6, 6.07) is 1.33. The van der Waals surface area contributed by atoms with E-state index in [4.69, 9.17) is 17.3 Å². The van der Waals surface area contributed by atoms with Gasteiger partial charge in [0, 0.05) is 12.7 Å². The fraction of sp³-hybridized carbons (Fsp3) is 0.583. The van der Waals surface area contributed by atoms with Crippen LogP contribution in [0, 0.1) is 5.41 Å². The number of halogens is 1. The zero-order chi connectivity index (χ0) is 14.1. The molecular formula is C12H18ClN3O2S. The van der Waals surface area contributed by atoms with Crippen molar-refractivity contribution in [1.82, 2.24) is 9.71 Å². The largest absolute Gasteiger partial charge is 0.382 e. The van der Waals surface area contributed by atoms with E-state index in [1.54, 1.807) is 0 Å². The number of nitrogens with zero attached hydrogens (tertiary/aromatic N) is 1. The van der Waals surface area contributed by atoms with E-state index in [2.05, 4.69) is 16.6 Å². The highest BCUT2D eigenvalue weighted by atomic mass is 35.5. The molecule has 1 aromatic heterocycles. The number of pyridine rings is 1. The van der Waals surface area contributed by atoms with Crippen molar-refractivity contribution in [2.45, 2.75) is 37.5 Å². The summed E-state index contributed by atoms with van der Waals surface area (Å²) in [4.78, 5) is 3.82. The highest BCUT2D eigenvalue weighted by molar-refractivity contribution is 7.89. The normalized spacial score (nSPS) is 17.4. The third-order valence-electron chi connectivity index (χ3n) is 3.53. The number of nitrogen functional groups attached to an aromatic ring is 1. The second-order valence-electron chi connectivity index (χ2n) is 5.11. The van der Waals surface area contributed by atoms with Crippen molar-refractivity contribution in [2.24, 2.45) is 5.41 Å². The first-order valence-electron chi connectivity index (χ1n) is 6.29. The Hall–Kier alpha value is -0.850. The Balaban J connectivity index is 2.08. The fourth-order valence-electron chi connectivity index (χ4n) is 2.13. The molecule has 19 heavy (non-hydrogen) atoms. The van der Waals surface area contributed by atoms with Crippen LogP contribution in [0.15, 0.2) is 17.2 Å². The molecule has 1 heterocycles. The standard InChI is InChI=1S/C12H18ClN3O2S/c1-2-3-12(4-5-12)8-16-19(17,18)9-6-10(13)11(14)15-7-9/h6-7,16H,2-5,8H2,1H3,(H2,14,15). The summed E-state index contributed by atoms with van der Waals surface area (Å²) in [5.41, 5.74) is 5.63. The summed E-state index contributed by atoms with van der Waals surface area (Å²) < 4.78 is 26.9. The van der Waals surface area contributed by atoms with Gasteiger partial charge in [0.1, 0.15) is 10.7 Å². The van der Waals surface area contributed by atoms with Crippen LogP contribution in [0.4, 0.5) is 5.82 Å². The van der Waals surface area contributed by atoms with Crippen molar-refractivity contribution < 1.29 is 8.42 Å². The van der Waals surface area contributed by atoms with Gasteiger partial charge in [0.25, 0.3) is 0 Å². The lowest BCUT2D eigenvalue weighted by Gasteiger charge is -2.15. The van der Waals surface area contributed by atoms with Gasteiger partial charge in [-0.15, -0.1) is 0 Å². The number of aromatic nitrogens is 1. The van der Waals surface area contributed by atoms with E-state index in [1.165, 1.54) is 12.3 Å². The minimum absolute atomic E-state index is 0.0546. The molecule has 1 saturated carbocycles. The Bertz CT molecular complexity index is 570. The summed E-state index contributed by atoms with van der Waals surface area (Å²) in [5.74, 6) is 0.130. The summed E-state index contributed by atoms with van der Waals surface area (Å²) in [7, 11) is -3.56. The van der Waals surface area contributed by atoms with Gasteiger partial charge in [-0.1, -0.05) is 24.9 Å². The molecule has 5 nitrogen and oxygen atoms in total. The van der Waals surface area contributed by atoms with Crippen molar-refractivity contribution >= 4 is 27.4 Å². The number of sulfonamides is 1. The Morgan fingerprint density at radius 1 is 1.53 bits per heavy atom. The van der Waals surface area contributed by atoms with Gasteiger partial charge in [-0.25, -0.2) is 18.1 Å². The van der Waals surface area contributed by atoms with Gasteiger partial charge in [-0.3, -0.25) is 0 Å². The Morgan fingerprint density at radius 3 is 2.74 bits per heavy atom. The molecule has 1 aromatic rings. The molecule has 0 unspecified atom stereocenters. The number of nitrogens with one attached hydrogen (secondary N) is 1. The summed E-state index contributed by atoms with van der Waals surface area (Å²) in [6.07, 6.45) is 5.52. The first kappa shape index (κ1) is 14.6. The zero-order valence-corrected chi connectivity index (χ0v) is 12.4. The third-order valence-corrected chi connectivity index (χ3v) is 5.20. The van der Waals surface area contributed by atoms with Crippen LogP contribution in [-0.4, -0.2) is 19.9 Å². The van der Waals surface area contributed by atoms with Crippen LogP contribution in [0.1, 0.15) is 32.6 Å². The van der Waals surface area contributed by atoms with E-state index in [0.29, 0.717) is 6.54 Å². The van der Waals surface area contributed by atoms with Crippen molar-refractivity contribution in [1.29, 1.82) is 0 Å². The van der Waals surface area contributed by atoms with Crippen LogP contribution in [0.3, 0.4) is 0 Å². The molecular weight excluding hydrogens is 286 g/mol. The second kappa shape index (κ2) is 5.26. The van der Waals surface area contributed by atoms with Crippen molar-refractivity contribution in [3.05, 3.63) is 17.3 Å². The minimum atomic E-state index is -3.56. The van der Waals surface area contributed by atoms with E-state index in [9.17, 15) is 8.42 Å². The van der Waals surface area contributed by atoms with Crippen LogP contribution < -0.4 is 10.5 Å². The van der Waals surface area contributed by atoms with Gasteiger partial charge < -0.3 is 5.73 Å². The molecule has 2 rings (SSSR count). The van der Waals surface area contributed by atoms with E-state index in [1.807, 2.05) is 0 Å². The van der Waals surface area contributed by atoms with E-state index in [0.717, 1.165) is 25.7 Å². The maximum Gasteiger partial charge on any atom is 0.242 e. The molecule has 0 saturated heterocycles. The predicted octanol–water partition coefficient (Wildman–Crippen LogP) is 2.18. The monoisotopic (exact) mass is 303 g/mol. The minimum Gasteiger partial charge on any atom is -0.382 e. The van der Waals surface area contributed by atoms with Gasteiger partial charge in [-0.2, -0.15) is 0 Å². The molecule has 1 aliphatic rings. The van der Waals surface area contributed by atoms with Gasteiger partial charge in [0.15, 0.2) is 0 Å². The number of anilines is 1. The molecule has 0 radical (unpaired) electrons.